The molecule has 2 amide bonds. The number of aromatic nitrogens is 1. The molecule has 31 heavy (non-hydrogen) atoms. The maximum atomic E-state index is 12.6. The Bertz CT molecular complexity index is 1080. The van der Waals surface area contributed by atoms with Crippen LogP contribution in [0.15, 0.2) is 67.0 Å². The molecule has 1 aliphatic heterocycles. The fraction of sp³-hybridized carbons (Fsp3) is 0.240. The Labute approximate surface area is 182 Å². The van der Waals surface area contributed by atoms with E-state index in [2.05, 4.69) is 32.7 Å². The summed E-state index contributed by atoms with van der Waals surface area (Å²) in [4.78, 5) is 31.7. The van der Waals surface area contributed by atoms with E-state index >= 15 is 0 Å². The first kappa shape index (κ1) is 20.6. The summed E-state index contributed by atoms with van der Waals surface area (Å²) in [6.07, 6.45) is 4.50. The number of hydrogen-bond acceptors (Lipinski definition) is 4. The largest absolute Gasteiger partial charge is 0.362 e. The third kappa shape index (κ3) is 4.43. The fourth-order valence-electron chi connectivity index (χ4n) is 4.12. The highest BCUT2D eigenvalue weighted by Gasteiger charge is 2.28. The molecule has 6 nitrogen and oxygen atoms in total. The average Bonchev–Trinajstić information content (AvgIpc) is 3.21. The van der Waals surface area contributed by atoms with E-state index in [9.17, 15) is 9.59 Å². The second-order valence-electron chi connectivity index (χ2n) is 7.81. The van der Waals surface area contributed by atoms with Gasteiger partial charge in [-0.15, -0.1) is 0 Å². The molecule has 0 saturated heterocycles. The van der Waals surface area contributed by atoms with Gasteiger partial charge in [0.15, 0.2) is 0 Å². The van der Waals surface area contributed by atoms with Gasteiger partial charge in [0.25, 0.3) is 0 Å². The summed E-state index contributed by atoms with van der Waals surface area (Å²) in [7, 11) is 0. The normalized spacial score (nSPS) is 13.4. The molecule has 0 spiro atoms. The molecule has 4 rings (SSSR count). The van der Waals surface area contributed by atoms with E-state index in [1.165, 1.54) is 5.56 Å². The zero-order chi connectivity index (χ0) is 21.8. The standard InChI is InChI=1S/C25H26N4O2/c1-17-7-5-8-18(2)23(17)28-25(31)24(30)27-16-22(20-10-6-13-26-15-20)29-14-12-19-9-3-4-11-21(19)29/h3-11,13,15,22H,12,14,16H2,1-2H3,(H,27,30)(H,28,31)/t22-/m0/s1. The Kier molecular flexibility index (Phi) is 5.98. The van der Waals surface area contributed by atoms with E-state index in [0.717, 1.165) is 35.3 Å². The quantitative estimate of drug-likeness (QED) is 0.626. The van der Waals surface area contributed by atoms with Crippen molar-refractivity contribution in [3.63, 3.8) is 0 Å². The van der Waals surface area contributed by atoms with Gasteiger partial charge in [0.1, 0.15) is 0 Å². The minimum atomic E-state index is -0.663. The lowest BCUT2D eigenvalue weighted by Crippen LogP contribution is -2.42. The first-order valence-corrected chi connectivity index (χ1v) is 10.4. The first-order chi connectivity index (χ1) is 15.0. The minimum absolute atomic E-state index is 0.116. The Hall–Kier alpha value is -3.67. The number of pyridine rings is 1. The van der Waals surface area contributed by atoms with Gasteiger partial charge in [-0.05, 0) is 54.7 Å². The smallest absolute Gasteiger partial charge is 0.313 e. The molecule has 0 unspecified atom stereocenters. The number of para-hydroxylation sites is 2. The summed E-state index contributed by atoms with van der Waals surface area (Å²) in [5.74, 6) is -1.31. The van der Waals surface area contributed by atoms with Crippen LogP contribution in [0.5, 0.6) is 0 Å². The summed E-state index contributed by atoms with van der Waals surface area (Å²) < 4.78 is 0. The molecule has 3 aromatic rings. The Morgan fingerprint density at radius 2 is 1.77 bits per heavy atom. The number of carbonyl (C=O) groups is 2. The molecule has 2 heterocycles. The van der Waals surface area contributed by atoms with Crippen LogP contribution in [0.1, 0.15) is 28.3 Å². The van der Waals surface area contributed by atoms with Crippen LogP contribution < -0.4 is 15.5 Å². The number of nitrogens with zero attached hydrogens (tertiary/aromatic N) is 2. The maximum absolute atomic E-state index is 12.6. The van der Waals surface area contributed by atoms with Gasteiger partial charge in [0, 0.05) is 36.9 Å². The molecule has 2 N–H and O–H groups in total. The van der Waals surface area contributed by atoms with Crippen molar-refractivity contribution in [1.82, 2.24) is 10.3 Å². The van der Waals surface area contributed by atoms with Crippen LogP contribution in [0.25, 0.3) is 0 Å². The van der Waals surface area contributed by atoms with Gasteiger partial charge in [-0.25, -0.2) is 0 Å². The monoisotopic (exact) mass is 414 g/mol. The third-order valence-electron chi connectivity index (χ3n) is 5.75. The highest BCUT2D eigenvalue weighted by molar-refractivity contribution is 6.39. The number of nitrogens with one attached hydrogen (secondary N) is 2. The molecule has 0 aliphatic carbocycles. The molecular weight excluding hydrogens is 388 g/mol. The number of fused-ring (bicyclic) bond motifs is 1. The lowest BCUT2D eigenvalue weighted by Gasteiger charge is -2.30. The van der Waals surface area contributed by atoms with Crippen molar-refractivity contribution < 1.29 is 9.59 Å². The van der Waals surface area contributed by atoms with Gasteiger partial charge >= 0.3 is 11.8 Å². The number of anilines is 2. The van der Waals surface area contributed by atoms with Gasteiger partial charge in [0.2, 0.25) is 0 Å². The maximum Gasteiger partial charge on any atom is 0.313 e. The molecule has 1 atom stereocenters. The zero-order valence-corrected chi connectivity index (χ0v) is 17.8. The lowest BCUT2D eigenvalue weighted by atomic mass is 10.1. The second-order valence-corrected chi connectivity index (χ2v) is 7.81. The van der Waals surface area contributed by atoms with E-state index in [0.29, 0.717) is 12.2 Å². The number of rotatable bonds is 5. The van der Waals surface area contributed by atoms with Crippen molar-refractivity contribution in [2.75, 3.05) is 23.3 Å². The number of aryl methyl sites for hydroxylation is 2. The molecular formula is C25H26N4O2. The predicted octanol–water partition coefficient (Wildman–Crippen LogP) is 3.56. The summed E-state index contributed by atoms with van der Waals surface area (Å²) >= 11 is 0. The number of carbonyl (C=O) groups excluding carboxylic acids is 2. The van der Waals surface area contributed by atoms with Crippen LogP contribution in [-0.2, 0) is 16.0 Å². The Morgan fingerprint density at radius 1 is 1.00 bits per heavy atom. The van der Waals surface area contributed by atoms with E-state index < -0.39 is 11.8 Å². The molecule has 158 valence electrons. The lowest BCUT2D eigenvalue weighted by molar-refractivity contribution is -0.136. The minimum Gasteiger partial charge on any atom is -0.362 e. The van der Waals surface area contributed by atoms with Crippen molar-refractivity contribution in [2.24, 2.45) is 0 Å². The zero-order valence-electron chi connectivity index (χ0n) is 17.8. The second kappa shape index (κ2) is 9.00. The Balaban J connectivity index is 1.49. The van der Waals surface area contributed by atoms with Crippen molar-refractivity contribution in [2.45, 2.75) is 26.3 Å². The number of amides is 2. The van der Waals surface area contributed by atoms with Crippen LogP contribution in [0.3, 0.4) is 0 Å². The van der Waals surface area contributed by atoms with Crippen molar-refractivity contribution in [3.05, 3.63) is 89.2 Å². The summed E-state index contributed by atoms with van der Waals surface area (Å²) in [5, 5.41) is 5.58. The van der Waals surface area contributed by atoms with E-state index in [1.54, 1.807) is 6.20 Å². The predicted molar refractivity (Wildman–Crippen MR) is 122 cm³/mol. The molecule has 0 radical (unpaired) electrons. The van der Waals surface area contributed by atoms with E-state index in [4.69, 9.17) is 0 Å². The molecule has 6 heteroatoms. The molecule has 1 aliphatic rings. The van der Waals surface area contributed by atoms with Crippen LogP contribution in [-0.4, -0.2) is 29.9 Å². The molecule has 1 aromatic heterocycles. The van der Waals surface area contributed by atoms with Crippen molar-refractivity contribution in [3.8, 4) is 0 Å². The highest BCUT2D eigenvalue weighted by atomic mass is 16.2. The van der Waals surface area contributed by atoms with Gasteiger partial charge in [-0.3, -0.25) is 14.6 Å². The summed E-state index contributed by atoms with van der Waals surface area (Å²) in [6, 6.07) is 17.8. The number of benzene rings is 2. The molecule has 2 aromatic carbocycles. The first-order valence-electron chi connectivity index (χ1n) is 10.4. The van der Waals surface area contributed by atoms with E-state index in [1.807, 2.05) is 62.5 Å². The third-order valence-corrected chi connectivity index (χ3v) is 5.75. The van der Waals surface area contributed by atoms with Crippen LogP contribution >= 0.6 is 0 Å². The van der Waals surface area contributed by atoms with E-state index in [-0.39, 0.29) is 6.04 Å². The van der Waals surface area contributed by atoms with Crippen LogP contribution in [0.4, 0.5) is 11.4 Å². The topological polar surface area (TPSA) is 74.3 Å². The molecule has 0 fully saturated rings. The van der Waals surface area contributed by atoms with Crippen LogP contribution in [0.2, 0.25) is 0 Å². The average molecular weight is 415 g/mol. The SMILES string of the molecule is Cc1cccc(C)c1NC(=O)C(=O)NC[C@@H](c1cccnc1)N1CCc2ccccc21. The Morgan fingerprint density at radius 3 is 2.52 bits per heavy atom. The van der Waals surface area contributed by atoms with Gasteiger partial charge in [-0.2, -0.15) is 0 Å². The summed E-state index contributed by atoms with van der Waals surface area (Å²) in [5.41, 5.74) is 5.96. The highest BCUT2D eigenvalue weighted by Crippen LogP contribution is 2.34. The molecule has 0 bridgehead atoms. The fourth-order valence-corrected chi connectivity index (χ4v) is 4.12. The van der Waals surface area contributed by atoms with Crippen molar-refractivity contribution in [1.29, 1.82) is 0 Å². The van der Waals surface area contributed by atoms with Gasteiger partial charge < -0.3 is 15.5 Å². The van der Waals surface area contributed by atoms with Crippen LogP contribution in [0, 0.1) is 13.8 Å². The van der Waals surface area contributed by atoms with Gasteiger partial charge in [0.05, 0.1) is 6.04 Å². The number of hydrogen-bond donors (Lipinski definition) is 2. The summed E-state index contributed by atoms with van der Waals surface area (Å²) in [6.45, 7) is 4.97. The molecule has 0 saturated carbocycles. The van der Waals surface area contributed by atoms with Crippen molar-refractivity contribution >= 4 is 23.2 Å². The van der Waals surface area contributed by atoms with Gasteiger partial charge in [-0.1, -0.05) is 42.5 Å².